The maximum atomic E-state index is 13.2. The largest absolute Gasteiger partial charge is 0.392 e. The van der Waals surface area contributed by atoms with Crippen molar-refractivity contribution in [3.05, 3.63) is 35.4 Å². The van der Waals surface area contributed by atoms with Crippen LogP contribution in [0.3, 0.4) is 0 Å². The molecule has 8 nitrogen and oxygen atoms in total. The average molecular weight is 301 g/mol. The summed E-state index contributed by atoms with van der Waals surface area (Å²) in [7, 11) is -3.88. The molecule has 1 aromatic heterocycles. The molecule has 20 heavy (non-hydrogen) atoms. The van der Waals surface area contributed by atoms with Crippen molar-refractivity contribution in [1.29, 1.82) is 0 Å². The van der Waals surface area contributed by atoms with Gasteiger partial charge >= 0.3 is 0 Å². The van der Waals surface area contributed by atoms with Gasteiger partial charge in [0.2, 0.25) is 10.0 Å². The van der Waals surface area contributed by atoms with Gasteiger partial charge in [0.25, 0.3) is 0 Å². The van der Waals surface area contributed by atoms with Crippen molar-refractivity contribution in [3.63, 3.8) is 0 Å². The predicted octanol–water partition coefficient (Wildman–Crippen LogP) is -0.129. The Bertz CT molecular complexity index is 689. The lowest BCUT2D eigenvalue weighted by molar-refractivity contribution is 0.275. The zero-order valence-electron chi connectivity index (χ0n) is 10.4. The number of hydrogen-bond acceptors (Lipinski definition) is 6. The first kappa shape index (κ1) is 14.5. The van der Waals surface area contributed by atoms with Crippen LogP contribution in [0.5, 0.6) is 0 Å². The summed E-state index contributed by atoms with van der Waals surface area (Å²) in [5.41, 5.74) is -0.0971. The first-order valence-electron chi connectivity index (χ1n) is 5.59. The molecule has 108 valence electrons. The summed E-state index contributed by atoms with van der Waals surface area (Å²) in [5.74, 6) is -0.490. The number of rotatable bonds is 5. The third-order valence-electron chi connectivity index (χ3n) is 2.58. The second-order valence-corrected chi connectivity index (χ2v) is 5.74. The fraction of sp³-hybridized carbons (Fsp3) is 0.300. The van der Waals surface area contributed by atoms with Gasteiger partial charge in [-0.05, 0) is 25.1 Å². The summed E-state index contributed by atoms with van der Waals surface area (Å²) in [6, 6.07) is 2.46. The molecule has 0 fully saturated rings. The van der Waals surface area contributed by atoms with E-state index in [4.69, 9.17) is 5.11 Å². The lowest BCUT2D eigenvalue weighted by Crippen LogP contribution is -2.27. The van der Waals surface area contributed by atoms with Crippen molar-refractivity contribution >= 4 is 10.0 Å². The van der Waals surface area contributed by atoms with E-state index >= 15 is 0 Å². The monoisotopic (exact) mass is 301 g/mol. The van der Waals surface area contributed by atoms with Crippen LogP contribution < -0.4 is 4.72 Å². The highest BCUT2D eigenvalue weighted by molar-refractivity contribution is 7.89. The number of hydrogen-bond donors (Lipinski definition) is 3. The Morgan fingerprint density at radius 2 is 2.25 bits per heavy atom. The Balaban J connectivity index is 2.26. The number of nitrogens with one attached hydrogen (secondary N) is 2. The van der Waals surface area contributed by atoms with E-state index in [0.29, 0.717) is 0 Å². The number of aliphatic hydroxyl groups is 1. The molecule has 0 saturated carbocycles. The maximum absolute atomic E-state index is 13.2. The van der Waals surface area contributed by atoms with E-state index in [1.165, 1.54) is 0 Å². The van der Waals surface area contributed by atoms with Crippen LogP contribution in [0, 0.1) is 5.82 Å². The molecule has 0 saturated heterocycles. The van der Waals surface area contributed by atoms with Crippen molar-refractivity contribution in [2.24, 2.45) is 0 Å². The Hall–Kier alpha value is -1.91. The molecule has 10 heteroatoms. The van der Waals surface area contributed by atoms with Gasteiger partial charge in [-0.25, -0.2) is 17.5 Å². The molecule has 0 bridgehead atoms. The maximum Gasteiger partial charge on any atom is 0.241 e. The lowest BCUT2D eigenvalue weighted by atomic mass is 10.2. The average Bonchev–Trinajstić information content (AvgIpc) is 2.92. The molecule has 3 N–H and O–H groups in total. The van der Waals surface area contributed by atoms with E-state index in [1.54, 1.807) is 6.92 Å². The van der Waals surface area contributed by atoms with Crippen molar-refractivity contribution in [1.82, 2.24) is 25.3 Å². The second-order valence-electron chi connectivity index (χ2n) is 4.02. The van der Waals surface area contributed by atoms with Crippen LogP contribution in [-0.2, 0) is 16.6 Å². The highest BCUT2D eigenvalue weighted by Crippen LogP contribution is 2.17. The third kappa shape index (κ3) is 2.98. The summed E-state index contributed by atoms with van der Waals surface area (Å²) < 4.78 is 39.8. The van der Waals surface area contributed by atoms with Crippen LogP contribution in [0.15, 0.2) is 23.1 Å². The highest BCUT2D eigenvalue weighted by atomic mass is 32.2. The summed E-state index contributed by atoms with van der Waals surface area (Å²) in [6.07, 6.45) is 0. The summed E-state index contributed by atoms with van der Waals surface area (Å²) in [4.78, 5) is -0.154. The standard InChI is InChI=1S/C10H12FN5O3S/c1-6(10-12-15-16-13-10)14-20(18,19)8-2-3-9(11)7(4-8)5-17/h2-4,6,14,17H,5H2,1H3,(H,12,13,15,16). The first-order valence-corrected chi connectivity index (χ1v) is 7.07. The smallest absolute Gasteiger partial charge is 0.241 e. The summed E-state index contributed by atoms with van der Waals surface area (Å²) in [5, 5.41) is 21.8. The van der Waals surface area contributed by atoms with Crippen LogP contribution in [0.4, 0.5) is 4.39 Å². The predicted molar refractivity (Wildman–Crippen MR) is 65.2 cm³/mol. The van der Waals surface area contributed by atoms with Gasteiger partial charge < -0.3 is 5.11 Å². The number of aliphatic hydroxyl groups excluding tert-OH is 1. The molecule has 0 aliphatic carbocycles. The van der Waals surface area contributed by atoms with E-state index in [9.17, 15) is 12.8 Å². The molecule has 2 rings (SSSR count). The number of nitrogens with zero attached hydrogens (tertiary/aromatic N) is 3. The Labute approximate surface area is 114 Å². The molecular weight excluding hydrogens is 289 g/mol. The normalized spacial score (nSPS) is 13.3. The van der Waals surface area contributed by atoms with Gasteiger partial charge in [0.05, 0.1) is 17.5 Å². The van der Waals surface area contributed by atoms with Gasteiger partial charge in [-0.3, -0.25) is 0 Å². The van der Waals surface area contributed by atoms with Gasteiger partial charge in [0, 0.05) is 5.56 Å². The second kappa shape index (κ2) is 5.61. The minimum absolute atomic E-state index is 0.0971. The van der Waals surface area contributed by atoms with E-state index in [0.717, 1.165) is 18.2 Å². The third-order valence-corrected chi connectivity index (χ3v) is 4.12. The van der Waals surface area contributed by atoms with E-state index in [-0.39, 0.29) is 16.3 Å². The number of aromatic nitrogens is 4. The van der Waals surface area contributed by atoms with Crippen LogP contribution in [-0.4, -0.2) is 34.1 Å². The number of sulfonamides is 1. The van der Waals surface area contributed by atoms with Crippen molar-refractivity contribution < 1.29 is 17.9 Å². The van der Waals surface area contributed by atoms with Gasteiger partial charge in [-0.15, -0.1) is 10.2 Å². The summed E-state index contributed by atoms with van der Waals surface area (Å²) >= 11 is 0. The van der Waals surface area contributed by atoms with E-state index in [2.05, 4.69) is 25.3 Å². The van der Waals surface area contributed by atoms with Gasteiger partial charge in [-0.1, -0.05) is 5.21 Å². The Morgan fingerprint density at radius 3 is 2.85 bits per heavy atom. The number of benzene rings is 1. The van der Waals surface area contributed by atoms with Gasteiger partial charge in [-0.2, -0.15) is 5.21 Å². The molecule has 1 heterocycles. The fourth-order valence-electron chi connectivity index (χ4n) is 1.55. The molecule has 0 radical (unpaired) electrons. The fourth-order valence-corrected chi connectivity index (χ4v) is 2.80. The SMILES string of the molecule is CC(NS(=O)(=O)c1ccc(F)c(CO)c1)c1nn[nH]n1. The van der Waals surface area contributed by atoms with Crippen molar-refractivity contribution in [2.45, 2.75) is 24.5 Å². The van der Waals surface area contributed by atoms with Crippen LogP contribution in [0.25, 0.3) is 0 Å². The zero-order valence-corrected chi connectivity index (χ0v) is 11.2. The lowest BCUT2D eigenvalue weighted by Gasteiger charge is -2.11. The van der Waals surface area contributed by atoms with Crippen molar-refractivity contribution in [2.75, 3.05) is 0 Å². The molecule has 0 spiro atoms. The minimum Gasteiger partial charge on any atom is -0.392 e. The molecule has 1 unspecified atom stereocenters. The quantitative estimate of drug-likeness (QED) is 0.707. The molecule has 0 aliphatic heterocycles. The number of H-pyrrole nitrogens is 1. The molecule has 0 aliphatic rings. The number of halogens is 1. The number of tetrazole rings is 1. The van der Waals surface area contributed by atoms with Crippen LogP contribution in [0.1, 0.15) is 24.4 Å². The van der Waals surface area contributed by atoms with Gasteiger partial charge in [0.15, 0.2) is 5.82 Å². The minimum atomic E-state index is -3.88. The van der Waals surface area contributed by atoms with E-state index < -0.39 is 28.5 Å². The van der Waals surface area contributed by atoms with Crippen LogP contribution >= 0.6 is 0 Å². The van der Waals surface area contributed by atoms with Crippen molar-refractivity contribution in [3.8, 4) is 0 Å². The van der Waals surface area contributed by atoms with E-state index in [1.807, 2.05) is 0 Å². The first-order chi connectivity index (χ1) is 9.44. The Kier molecular flexibility index (Phi) is 4.06. The molecule has 2 aromatic rings. The molecule has 1 atom stereocenters. The molecule has 1 aromatic carbocycles. The Morgan fingerprint density at radius 1 is 1.50 bits per heavy atom. The van der Waals surface area contributed by atoms with Gasteiger partial charge in [0.1, 0.15) is 5.82 Å². The summed E-state index contributed by atoms with van der Waals surface area (Å²) in [6.45, 7) is 0.953. The van der Waals surface area contributed by atoms with Crippen LogP contribution in [0.2, 0.25) is 0 Å². The highest BCUT2D eigenvalue weighted by Gasteiger charge is 2.21. The molecular formula is C10H12FN5O3S. The topological polar surface area (TPSA) is 121 Å². The molecule has 0 amide bonds. The zero-order chi connectivity index (χ0) is 14.8. The number of aromatic amines is 1.